The van der Waals surface area contributed by atoms with Gasteiger partial charge in [0, 0.05) is 50.2 Å². The van der Waals surface area contributed by atoms with Crippen molar-refractivity contribution < 1.29 is 33.6 Å². The van der Waals surface area contributed by atoms with Crippen LogP contribution in [-0.2, 0) is 4.74 Å². The fourth-order valence-electron chi connectivity index (χ4n) is 3.38. The first-order valence-corrected chi connectivity index (χ1v) is 11.9. The predicted molar refractivity (Wildman–Crippen MR) is 135 cm³/mol. The van der Waals surface area contributed by atoms with Gasteiger partial charge in [-0.1, -0.05) is 0 Å². The Hall–Kier alpha value is -3.99. The summed E-state index contributed by atoms with van der Waals surface area (Å²) in [7, 11) is 1.70. The highest BCUT2D eigenvalue weighted by molar-refractivity contribution is 6.08. The molecule has 1 aromatic heterocycles. The van der Waals surface area contributed by atoms with Crippen molar-refractivity contribution in [1.82, 2.24) is 20.5 Å². The van der Waals surface area contributed by atoms with E-state index in [-0.39, 0.29) is 35.5 Å². The summed E-state index contributed by atoms with van der Waals surface area (Å²) < 4.78 is 29.9. The third-order valence-electron chi connectivity index (χ3n) is 5.36. The predicted octanol–water partition coefficient (Wildman–Crippen LogP) is 1.75. The second-order valence-electron chi connectivity index (χ2n) is 8.62. The lowest BCUT2D eigenvalue weighted by molar-refractivity contribution is -0.115. The summed E-state index contributed by atoms with van der Waals surface area (Å²) in [5, 5.41) is 11.2. The summed E-state index contributed by atoms with van der Waals surface area (Å²) in [6, 6.07) is 6.34. The molecule has 0 saturated carbocycles. The minimum Gasteiger partial charge on any atom is -0.488 e. The number of aryl methyl sites for hydroxylation is 1. The Morgan fingerprint density at radius 3 is 2.54 bits per heavy atom. The van der Waals surface area contributed by atoms with Gasteiger partial charge >= 0.3 is 5.91 Å². The summed E-state index contributed by atoms with van der Waals surface area (Å²) in [6.07, 6.45) is 3.60. The highest BCUT2D eigenvalue weighted by Crippen LogP contribution is 2.29. The number of amidine groups is 1. The van der Waals surface area contributed by atoms with Crippen LogP contribution >= 0.6 is 0 Å². The average molecular weight is 515 g/mol. The Morgan fingerprint density at radius 2 is 1.92 bits per heavy atom. The SMILES string of the molecule is CN/C=C\C(=[NH2+])NC(=O)c1cc(Oc2ncc(C(=O)N3CCC3)cc2C)cc(O[C@@H](C)COC(C)F)c1. The zero-order chi connectivity index (χ0) is 26.9. The van der Waals surface area contributed by atoms with Crippen LogP contribution < -0.4 is 25.5 Å². The molecule has 1 aliphatic rings. The fraction of sp³-hybridized carbons (Fsp3) is 0.385. The first kappa shape index (κ1) is 27.6. The highest BCUT2D eigenvalue weighted by atomic mass is 19.1. The first-order valence-electron chi connectivity index (χ1n) is 11.9. The molecule has 10 nitrogen and oxygen atoms in total. The minimum atomic E-state index is -1.43. The molecule has 0 spiro atoms. The quantitative estimate of drug-likeness (QED) is 0.308. The lowest BCUT2D eigenvalue weighted by Gasteiger charge is -2.30. The van der Waals surface area contributed by atoms with E-state index < -0.39 is 18.4 Å². The molecule has 198 valence electrons. The zero-order valence-corrected chi connectivity index (χ0v) is 21.4. The molecule has 2 amide bonds. The van der Waals surface area contributed by atoms with E-state index in [4.69, 9.17) is 19.6 Å². The van der Waals surface area contributed by atoms with E-state index in [1.54, 1.807) is 44.1 Å². The molecule has 37 heavy (non-hydrogen) atoms. The standard InChI is InChI=1S/C26H32FN5O5/c1-16-10-20(26(34)32-8-5-9-32)14-30-25(16)37-22-12-19(24(33)31-23(28)6-7-29-4)11-21(13-22)36-17(2)15-35-18(3)27/h6-7,10-14,17-18,29H,5,8-9,15H2,1-4H3,(H2,28,31,33)/p+1/b7-6-/t17-,18?/m0/s1. The number of hydrogen-bond acceptors (Lipinski definition) is 7. The van der Waals surface area contributed by atoms with Crippen LogP contribution in [0.15, 0.2) is 42.7 Å². The van der Waals surface area contributed by atoms with E-state index in [1.807, 2.05) is 0 Å². The number of pyridine rings is 1. The van der Waals surface area contributed by atoms with Crippen LogP contribution in [0.3, 0.4) is 0 Å². The molecule has 1 fully saturated rings. The average Bonchev–Trinajstić information content (AvgIpc) is 2.81. The molecule has 1 aromatic carbocycles. The number of likely N-dealkylation sites (tertiary alicyclic amines) is 1. The topological polar surface area (TPSA) is 128 Å². The van der Waals surface area contributed by atoms with Crippen LogP contribution in [0.2, 0.25) is 0 Å². The molecule has 11 heteroatoms. The molecule has 2 aromatic rings. The number of hydrogen-bond donors (Lipinski definition) is 3. The number of nitrogens with one attached hydrogen (secondary N) is 2. The van der Waals surface area contributed by atoms with E-state index in [0.29, 0.717) is 16.9 Å². The Labute approximate surface area is 215 Å². The Morgan fingerprint density at radius 1 is 1.19 bits per heavy atom. The molecule has 0 radical (unpaired) electrons. The van der Waals surface area contributed by atoms with Gasteiger partial charge in [0.05, 0.1) is 17.7 Å². The van der Waals surface area contributed by atoms with E-state index in [2.05, 4.69) is 15.6 Å². The van der Waals surface area contributed by atoms with Gasteiger partial charge in [-0.15, -0.1) is 0 Å². The highest BCUT2D eigenvalue weighted by Gasteiger charge is 2.23. The molecule has 0 bridgehead atoms. The summed E-state index contributed by atoms with van der Waals surface area (Å²) in [4.78, 5) is 31.4. The van der Waals surface area contributed by atoms with Crippen molar-refractivity contribution >= 4 is 17.6 Å². The smallest absolute Gasteiger partial charge is 0.339 e. The molecule has 4 N–H and O–H groups in total. The number of ether oxygens (including phenoxy) is 3. The normalized spacial score (nSPS) is 14.5. The van der Waals surface area contributed by atoms with Gasteiger partial charge in [0.1, 0.15) is 17.6 Å². The molecule has 1 saturated heterocycles. The van der Waals surface area contributed by atoms with E-state index in [9.17, 15) is 14.0 Å². The van der Waals surface area contributed by atoms with E-state index in [1.165, 1.54) is 31.3 Å². The van der Waals surface area contributed by atoms with Crippen molar-refractivity contribution in [2.24, 2.45) is 0 Å². The van der Waals surface area contributed by atoms with E-state index in [0.717, 1.165) is 19.5 Å². The van der Waals surface area contributed by atoms with Crippen molar-refractivity contribution in [2.45, 2.75) is 39.7 Å². The number of benzene rings is 1. The number of nitrogens with two attached hydrogens (primary N) is 1. The summed E-state index contributed by atoms with van der Waals surface area (Å²) >= 11 is 0. The van der Waals surface area contributed by atoms with Crippen LogP contribution in [-0.4, -0.2) is 66.7 Å². The van der Waals surface area contributed by atoms with Crippen LogP contribution in [0.5, 0.6) is 17.4 Å². The molecule has 0 aliphatic carbocycles. The van der Waals surface area contributed by atoms with E-state index >= 15 is 0 Å². The third kappa shape index (κ3) is 8.01. The second kappa shape index (κ2) is 12.8. The maximum absolute atomic E-state index is 13.1. The van der Waals surface area contributed by atoms with Gasteiger partial charge in [-0.25, -0.2) is 19.5 Å². The van der Waals surface area contributed by atoms with Crippen molar-refractivity contribution in [3.05, 3.63) is 59.4 Å². The number of aromatic nitrogens is 1. The zero-order valence-electron chi connectivity index (χ0n) is 21.4. The molecule has 1 unspecified atom stereocenters. The summed E-state index contributed by atoms with van der Waals surface area (Å²) in [5.74, 6) is 0.423. The summed E-state index contributed by atoms with van der Waals surface area (Å²) in [5.41, 5.74) is 1.35. The maximum Gasteiger partial charge on any atom is 0.339 e. The Balaban J connectivity index is 1.83. The number of rotatable bonds is 11. The number of carbonyl (C=O) groups is 2. The lowest BCUT2D eigenvalue weighted by Crippen LogP contribution is -2.49. The molecule has 3 rings (SSSR count). The van der Waals surface area contributed by atoms with Gasteiger partial charge in [0.15, 0.2) is 6.36 Å². The molecular weight excluding hydrogens is 481 g/mol. The molecule has 1 aliphatic heterocycles. The Kier molecular flexibility index (Phi) is 9.56. The number of alkyl halides is 1. The Bertz CT molecular complexity index is 1170. The van der Waals surface area contributed by atoms with Crippen molar-refractivity contribution in [1.29, 1.82) is 0 Å². The van der Waals surface area contributed by atoms with Gasteiger partial charge < -0.3 is 24.4 Å². The lowest BCUT2D eigenvalue weighted by atomic mass is 10.1. The fourth-order valence-corrected chi connectivity index (χ4v) is 3.38. The number of halogens is 1. The molecule has 2 heterocycles. The van der Waals surface area contributed by atoms with Crippen LogP contribution in [0.4, 0.5) is 4.39 Å². The third-order valence-corrected chi connectivity index (χ3v) is 5.36. The second-order valence-corrected chi connectivity index (χ2v) is 8.62. The maximum atomic E-state index is 13.1. The van der Waals surface area contributed by atoms with Crippen LogP contribution in [0.25, 0.3) is 0 Å². The number of carbonyl (C=O) groups excluding carboxylic acids is 2. The number of amides is 2. The van der Waals surface area contributed by atoms with Gasteiger partial charge in [-0.05, 0) is 45.4 Å². The first-order chi connectivity index (χ1) is 17.7. The van der Waals surface area contributed by atoms with Crippen LogP contribution in [0, 0.1) is 6.92 Å². The monoisotopic (exact) mass is 514 g/mol. The van der Waals surface area contributed by atoms with Crippen molar-refractivity contribution in [3.8, 4) is 17.4 Å². The van der Waals surface area contributed by atoms with Gasteiger partial charge in [0.2, 0.25) is 5.88 Å². The minimum absolute atomic E-state index is 0.00694. The van der Waals surface area contributed by atoms with Gasteiger partial charge in [0.25, 0.3) is 11.7 Å². The molecular formula is C26H33FN5O5+. The summed E-state index contributed by atoms with van der Waals surface area (Å²) in [6.45, 7) is 6.27. The molecule has 2 atom stereocenters. The van der Waals surface area contributed by atoms with Gasteiger partial charge in [-0.2, -0.15) is 0 Å². The van der Waals surface area contributed by atoms with Crippen molar-refractivity contribution in [3.63, 3.8) is 0 Å². The van der Waals surface area contributed by atoms with Gasteiger partial charge in [-0.3, -0.25) is 10.2 Å². The largest absolute Gasteiger partial charge is 0.488 e. The van der Waals surface area contributed by atoms with Crippen molar-refractivity contribution in [2.75, 3.05) is 26.7 Å². The number of nitrogens with zero attached hydrogens (tertiary/aromatic N) is 2. The van der Waals surface area contributed by atoms with Crippen LogP contribution in [0.1, 0.15) is 46.5 Å².